The number of likely N-dealkylation sites (tertiary alicyclic amines) is 1. The van der Waals surface area contributed by atoms with Crippen molar-refractivity contribution in [2.75, 3.05) is 26.7 Å². The van der Waals surface area contributed by atoms with Crippen LogP contribution in [-0.2, 0) is 9.59 Å². The summed E-state index contributed by atoms with van der Waals surface area (Å²) in [6.45, 7) is 4.11. The van der Waals surface area contributed by atoms with E-state index in [9.17, 15) is 9.59 Å². The first-order valence-corrected chi connectivity index (χ1v) is 14.4. The van der Waals surface area contributed by atoms with Gasteiger partial charge < -0.3 is 15.5 Å². The largest absolute Gasteiger partial charge is 0.343 e. The standard InChI is InChI=1S/C28H35N5O2S2/c1-18(29-2)26(34)31-25(20-12-15-32(36)16-13-20)28(35)33-14-6-11-24(33)27-30-23(17-37-27)22-10-5-8-19-7-3-4-9-21(19)22/h3-5,7-10,17-18,20,24-25,29,36H,6,11-16H2,1-2H3,(H,31,34)/t18-,24-,25-/m0/s1. The monoisotopic (exact) mass is 537 g/mol. The summed E-state index contributed by atoms with van der Waals surface area (Å²) in [6, 6.07) is 13.7. The van der Waals surface area contributed by atoms with Crippen LogP contribution in [0.15, 0.2) is 47.8 Å². The number of carbonyl (C=O) groups is 2. The second kappa shape index (κ2) is 11.5. The maximum atomic E-state index is 14.0. The van der Waals surface area contributed by atoms with Crippen molar-refractivity contribution in [3.8, 4) is 11.3 Å². The number of likely N-dealkylation sites (N-methyl/N-ethyl adjacent to an activating group) is 1. The average Bonchev–Trinajstić information content (AvgIpc) is 3.61. The molecular weight excluding hydrogens is 502 g/mol. The molecule has 37 heavy (non-hydrogen) atoms. The molecule has 2 N–H and O–H groups in total. The molecule has 2 saturated heterocycles. The minimum Gasteiger partial charge on any atom is -0.343 e. The maximum Gasteiger partial charge on any atom is 0.246 e. The topological polar surface area (TPSA) is 77.6 Å². The van der Waals surface area contributed by atoms with Gasteiger partial charge in [0.1, 0.15) is 11.0 Å². The molecule has 0 saturated carbocycles. The molecule has 7 nitrogen and oxygen atoms in total. The van der Waals surface area contributed by atoms with E-state index in [0.29, 0.717) is 6.54 Å². The van der Waals surface area contributed by atoms with Gasteiger partial charge in [-0.15, -0.1) is 11.3 Å². The van der Waals surface area contributed by atoms with E-state index in [1.165, 1.54) is 10.8 Å². The highest BCUT2D eigenvalue weighted by atomic mass is 32.1. The number of rotatable bonds is 7. The summed E-state index contributed by atoms with van der Waals surface area (Å²) in [5.74, 6) is -0.0382. The number of fused-ring (bicyclic) bond motifs is 1. The number of carbonyl (C=O) groups excluding carboxylic acids is 2. The third kappa shape index (κ3) is 5.55. The second-order valence-electron chi connectivity index (χ2n) is 10.1. The highest BCUT2D eigenvalue weighted by Gasteiger charge is 2.40. The van der Waals surface area contributed by atoms with E-state index in [0.717, 1.165) is 55.0 Å². The molecule has 2 aliphatic heterocycles. The summed E-state index contributed by atoms with van der Waals surface area (Å²) in [7, 11) is 1.76. The van der Waals surface area contributed by atoms with Gasteiger partial charge in [0.25, 0.3) is 0 Å². The first-order valence-electron chi connectivity index (χ1n) is 13.1. The van der Waals surface area contributed by atoms with Crippen LogP contribution in [-0.4, -0.2) is 64.8 Å². The van der Waals surface area contributed by atoms with Crippen molar-refractivity contribution < 1.29 is 9.59 Å². The van der Waals surface area contributed by atoms with E-state index in [4.69, 9.17) is 4.98 Å². The normalized spacial score (nSPS) is 20.7. The predicted molar refractivity (Wildman–Crippen MR) is 152 cm³/mol. The van der Waals surface area contributed by atoms with E-state index in [1.807, 2.05) is 22.2 Å². The lowest BCUT2D eigenvalue weighted by Gasteiger charge is -2.36. The van der Waals surface area contributed by atoms with Gasteiger partial charge in [-0.3, -0.25) is 13.9 Å². The Labute approximate surface area is 228 Å². The lowest BCUT2D eigenvalue weighted by atomic mass is 9.88. The summed E-state index contributed by atoms with van der Waals surface area (Å²) >= 11 is 6.10. The summed E-state index contributed by atoms with van der Waals surface area (Å²) < 4.78 is 1.99. The van der Waals surface area contributed by atoms with Crippen molar-refractivity contribution >= 4 is 46.7 Å². The molecule has 2 aliphatic rings. The number of hydrogen-bond donors (Lipinski definition) is 3. The Bertz CT molecular complexity index is 1250. The fourth-order valence-electron chi connectivity index (χ4n) is 5.49. The predicted octanol–water partition coefficient (Wildman–Crippen LogP) is 4.28. The zero-order valence-electron chi connectivity index (χ0n) is 21.4. The van der Waals surface area contributed by atoms with Crippen molar-refractivity contribution in [1.82, 2.24) is 24.8 Å². The third-order valence-corrected chi connectivity index (χ3v) is 9.13. The van der Waals surface area contributed by atoms with E-state index in [1.54, 1.807) is 18.4 Å². The van der Waals surface area contributed by atoms with Gasteiger partial charge >= 0.3 is 0 Å². The Morgan fingerprint density at radius 2 is 1.84 bits per heavy atom. The molecule has 3 heterocycles. The van der Waals surface area contributed by atoms with Crippen LogP contribution in [0.4, 0.5) is 0 Å². The van der Waals surface area contributed by atoms with Crippen molar-refractivity contribution in [2.45, 2.75) is 50.7 Å². The molecule has 3 atom stereocenters. The van der Waals surface area contributed by atoms with E-state index < -0.39 is 6.04 Å². The number of nitrogens with one attached hydrogen (secondary N) is 2. The third-order valence-electron chi connectivity index (χ3n) is 7.79. The molecular formula is C28H35N5O2S2. The van der Waals surface area contributed by atoms with Crippen LogP contribution in [0.5, 0.6) is 0 Å². The lowest BCUT2D eigenvalue weighted by molar-refractivity contribution is -0.139. The molecule has 0 spiro atoms. The molecule has 9 heteroatoms. The Kier molecular flexibility index (Phi) is 8.14. The fraction of sp³-hybridized carbons (Fsp3) is 0.464. The molecule has 0 radical (unpaired) electrons. The molecule has 2 fully saturated rings. The molecule has 0 bridgehead atoms. The molecule has 3 aromatic rings. The molecule has 2 aromatic carbocycles. The maximum absolute atomic E-state index is 14.0. The number of hydrogen-bond acceptors (Lipinski definition) is 7. The zero-order chi connectivity index (χ0) is 25.9. The first kappa shape index (κ1) is 26.2. The van der Waals surface area contributed by atoms with E-state index in [-0.39, 0.29) is 29.8 Å². The van der Waals surface area contributed by atoms with Crippen molar-refractivity contribution in [3.05, 3.63) is 52.9 Å². The average molecular weight is 538 g/mol. The molecule has 5 rings (SSSR count). The van der Waals surface area contributed by atoms with Crippen molar-refractivity contribution in [2.24, 2.45) is 5.92 Å². The van der Waals surface area contributed by atoms with Gasteiger partial charge in [0.2, 0.25) is 11.8 Å². The number of benzene rings is 2. The fourth-order valence-corrected chi connectivity index (χ4v) is 6.68. The van der Waals surface area contributed by atoms with Gasteiger partial charge in [-0.05, 0) is 56.3 Å². The number of thiol groups is 1. The van der Waals surface area contributed by atoms with Gasteiger partial charge in [-0.1, -0.05) is 55.3 Å². The first-order chi connectivity index (χ1) is 18.0. The smallest absolute Gasteiger partial charge is 0.246 e. The summed E-state index contributed by atoms with van der Waals surface area (Å²) in [6.07, 6.45) is 3.48. The van der Waals surface area contributed by atoms with Crippen LogP contribution in [0.25, 0.3) is 22.0 Å². The minimum atomic E-state index is -0.538. The Hall–Kier alpha value is -2.46. The number of aromatic nitrogens is 1. The van der Waals surface area contributed by atoms with Crippen molar-refractivity contribution in [1.29, 1.82) is 0 Å². The number of amides is 2. The SMILES string of the molecule is CN[C@@H](C)C(=O)N[C@H](C(=O)N1CCC[C@H]1c1nc(-c2cccc3ccccc23)cs1)C1CCN(S)CC1. The van der Waals surface area contributed by atoms with Crippen LogP contribution in [0, 0.1) is 5.92 Å². The number of nitrogens with zero attached hydrogens (tertiary/aromatic N) is 3. The number of piperidine rings is 1. The highest BCUT2D eigenvalue weighted by molar-refractivity contribution is 7.77. The van der Waals surface area contributed by atoms with Crippen LogP contribution in [0.3, 0.4) is 0 Å². The van der Waals surface area contributed by atoms with Gasteiger partial charge in [-0.2, -0.15) is 0 Å². The zero-order valence-corrected chi connectivity index (χ0v) is 23.1. The van der Waals surface area contributed by atoms with Crippen LogP contribution in [0.2, 0.25) is 0 Å². The van der Waals surface area contributed by atoms with Gasteiger partial charge in [0, 0.05) is 30.6 Å². The summed E-state index contributed by atoms with van der Waals surface area (Å²) in [5, 5.41) is 11.5. The molecule has 1 aromatic heterocycles. The van der Waals surface area contributed by atoms with Gasteiger partial charge in [0.15, 0.2) is 0 Å². The summed E-state index contributed by atoms with van der Waals surface area (Å²) in [4.78, 5) is 33.9. The summed E-state index contributed by atoms with van der Waals surface area (Å²) in [5.41, 5.74) is 2.06. The van der Waals surface area contributed by atoms with E-state index in [2.05, 4.69) is 65.2 Å². The van der Waals surface area contributed by atoms with Crippen LogP contribution in [0.1, 0.15) is 43.7 Å². The Morgan fingerprint density at radius 1 is 1.08 bits per heavy atom. The van der Waals surface area contributed by atoms with Crippen LogP contribution < -0.4 is 10.6 Å². The lowest BCUT2D eigenvalue weighted by Crippen LogP contribution is -2.56. The quantitative estimate of drug-likeness (QED) is 0.392. The second-order valence-corrected chi connectivity index (χ2v) is 11.5. The molecule has 0 aliphatic carbocycles. The molecule has 196 valence electrons. The van der Waals surface area contributed by atoms with Gasteiger partial charge in [-0.25, -0.2) is 4.98 Å². The van der Waals surface area contributed by atoms with Crippen LogP contribution >= 0.6 is 24.2 Å². The minimum absolute atomic E-state index is 0.0127. The van der Waals surface area contributed by atoms with Crippen molar-refractivity contribution in [3.63, 3.8) is 0 Å². The number of thiazole rings is 1. The van der Waals surface area contributed by atoms with E-state index >= 15 is 0 Å². The Balaban J connectivity index is 1.39. The van der Waals surface area contributed by atoms with Gasteiger partial charge in [0.05, 0.1) is 17.8 Å². The molecule has 2 amide bonds. The molecule has 0 unspecified atom stereocenters. The highest BCUT2D eigenvalue weighted by Crippen LogP contribution is 2.38. The Morgan fingerprint density at radius 3 is 2.62 bits per heavy atom.